The third-order valence-electron chi connectivity index (χ3n) is 5.08. The summed E-state index contributed by atoms with van der Waals surface area (Å²) in [4.78, 5) is 10.1. The number of hydrogen-bond acceptors (Lipinski definition) is 5. The van der Waals surface area contributed by atoms with Gasteiger partial charge in [0, 0.05) is 24.4 Å². The number of rotatable bonds is 3. The fourth-order valence-corrected chi connectivity index (χ4v) is 4.98. The second kappa shape index (κ2) is 4.95. The smallest absolute Gasteiger partial charge is 0.157 e. The first-order chi connectivity index (χ1) is 10.9. The van der Waals surface area contributed by atoms with Crippen molar-refractivity contribution in [3.63, 3.8) is 0 Å². The van der Waals surface area contributed by atoms with Gasteiger partial charge in [-0.3, -0.25) is 0 Å². The summed E-state index contributed by atoms with van der Waals surface area (Å²) < 4.78 is 29.5. The minimum Gasteiger partial charge on any atom is -0.377 e. The molecule has 0 aromatic carbocycles. The zero-order valence-electron chi connectivity index (χ0n) is 13.4. The molecule has 1 unspecified atom stereocenters. The van der Waals surface area contributed by atoms with E-state index >= 15 is 0 Å². The van der Waals surface area contributed by atoms with Gasteiger partial charge in [0.2, 0.25) is 0 Å². The molecule has 7 heteroatoms. The van der Waals surface area contributed by atoms with E-state index in [4.69, 9.17) is 9.72 Å². The summed E-state index contributed by atoms with van der Waals surface area (Å²) >= 11 is 0. The molecule has 124 valence electrons. The molecule has 4 rings (SSSR count). The predicted molar refractivity (Wildman–Crippen MR) is 89.5 cm³/mol. The van der Waals surface area contributed by atoms with Crippen molar-refractivity contribution in [2.45, 2.75) is 30.6 Å². The normalized spacial score (nSPS) is 24.1. The molecule has 23 heavy (non-hydrogen) atoms. The van der Waals surface area contributed by atoms with Crippen molar-refractivity contribution in [3.8, 4) is 0 Å². The molecule has 2 aliphatic rings. The minimum absolute atomic E-state index is 0.227. The molecular weight excluding hydrogens is 314 g/mol. The Labute approximate surface area is 135 Å². The van der Waals surface area contributed by atoms with E-state index < -0.39 is 14.6 Å². The van der Waals surface area contributed by atoms with Crippen molar-refractivity contribution in [3.05, 3.63) is 23.9 Å². The maximum Gasteiger partial charge on any atom is 0.157 e. The van der Waals surface area contributed by atoms with Gasteiger partial charge in [-0.2, -0.15) is 0 Å². The molecule has 1 N–H and O–H groups in total. The van der Waals surface area contributed by atoms with E-state index in [0.717, 1.165) is 29.0 Å². The van der Waals surface area contributed by atoms with Gasteiger partial charge in [0.05, 0.1) is 24.0 Å². The summed E-state index contributed by atoms with van der Waals surface area (Å²) in [7, 11) is -3.16. The Bertz CT molecular complexity index is 855. The molecule has 1 atom stereocenters. The van der Waals surface area contributed by atoms with Crippen molar-refractivity contribution >= 4 is 26.7 Å². The Morgan fingerprint density at radius 3 is 2.87 bits per heavy atom. The number of H-pyrrole nitrogens is 1. The largest absolute Gasteiger partial charge is 0.377 e. The number of nitrogens with zero attached hydrogens (tertiary/aromatic N) is 2. The SMILES string of the molecule is CC1COCCN1c1cc(C2(S(C)(=O)=O)CC2)c2cc[nH]c2n1. The van der Waals surface area contributed by atoms with Crippen molar-refractivity contribution < 1.29 is 13.2 Å². The van der Waals surface area contributed by atoms with Crippen LogP contribution in [0.15, 0.2) is 18.3 Å². The van der Waals surface area contributed by atoms with Crippen molar-refractivity contribution in [1.82, 2.24) is 9.97 Å². The van der Waals surface area contributed by atoms with Gasteiger partial charge < -0.3 is 14.6 Å². The van der Waals surface area contributed by atoms with E-state index in [9.17, 15) is 8.42 Å². The number of ether oxygens (including phenoxy) is 1. The number of sulfone groups is 1. The third kappa shape index (κ3) is 2.25. The number of aromatic amines is 1. The number of anilines is 1. The van der Waals surface area contributed by atoms with Crippen LogP contribution in [0.1, 0.15) is 25.3 Å². The quantitative estimate of drug-likeness (QED) is 0.926. The predicted octanol–water partition coefficient (Wildman–Crippen LogP) is 1.82. The Balaban J connectivity index is 1.89. The highest BCUT2D eigenvalue weighted by atomic mass is 32.2. The molecule has 0 spiro atoms. The first-order valence-corrected chi connectivity index (χ1v) is 9.84. The average Bonchev–Trinajstić information content (AvgIpc) is 3.19. The fourth-order valence-electron chi connectivity index (χ4n) is 3.57. The lowest BCUT2D eigenvalue weighted by Crippen LogP contribution is -2.44. The summed E-state index contributed by atoms with van der Waals surface area (Å²) in [5, 5.41) is 0.914. The first-order valence-electron chi connectivity index (χ1n) is 7.95. The molecule has 2 aromatic heterocycles. The lowest BCUT2D eigenvalue weighted by Gasteiger charge is -2.34. The number of aromatic nitrogens is 2. The van der Waals surface area contributed by atoms with E-state index in [2.05, 4.69) is 16.8 Å². The van der Waals surface area contributed by atoms with E-state index in [1.807, 2.05) is 18.3 Å². The van der Waals surface area contributed by atoms with E-state index in [0.29, 0.717) is 26.1 Å². The Hall–Kier alpha value is -1.60. The lowest BCUT2D eigenvalue weighted by atomic mass is 10.1. The number of pyridine rings is 1. The van der Waals surface area contributed by atoms with Crippen LogP contribution in [0.2, 0.25) is 0 Å². The van der Waals surface area contributed by atoms with Crippen LogP contribution >= 0.6 is 0 Å². The summed E-state index contributed by atoms with van der Waals surface area (Å²) in [6.45, 7) is 4.20. The van der Waals surface area contributed by atoms with Gasteiger partial charge in [-0.1, -0.05) is 0 Å². The monoisotopic (exact) mass is 335 g/mol. The number of hydrogen-bond donors (Lipinski definition) is 1. The average molecular weight is 335 g/mol. The number of morpholine rings is 1. The van der Waals surface area contributed by atoms with Gasteiger partial charge in [0.25, 0.3) is 0 Å². The molecule has 0 bridgehead atoms. The van der Waals surface area contributed by atoms with E-state index in [-0.39, 0.29) is 6.04 Å². The summed E-state index contributed by atoms with van der Waals surface area (Å²) in [5.41, 5.74) is 1.64. The molecule has 1 saturated heterocycles. The van der Waals surface area contributed by atoms with Crippen LogP contribution in [-0.2, 0) is 19.3 Å². The standard InChI is InChI=1S/C16H21N3O3S/c1-11-10-22-8-7-19(11)14-9-13(12-3-6-17-15(12)18-14)16(4-5-16)23(2,20)21/h3,6,9,11H,4-5,7-8,10H2,1-2H3,(H,17,18). The Kier molecular flexibility index (Phi) is 3.22. The van der Waals surface area contributed by atoms with Crippen LogP contribution < -0.4 is 4.90 Å². The maximum atomic E-state index is 12.4. The zero-order chi connectivity index (χ0) is 16.2. The maximum absolute atomic E-state index is 12.4. The van der Waals surface area contributed by atoms with Gasteiger partial charge in [-0.15, -0.1) is 0 Å². The van der Waals surface area contributed by atoms with Crippen molar-refractivity contribution in [2.75, 3.05) is 30.9 Å². The van der Waals surface area contributed by atoms with Gasteiger partial charge in [0.1, 0.15) is 11.5 Å². The van der Waals surface area contributed by atoms with Gasteiger partial charge >= 0.3 is 0 Å². The molecule has 1 aliphatic carbocycles. The van der Waals surface area contributed by atoms with Gasteiger partial charge in [0.15, 0.2) is 9.84 Å². The second-order valence-corrected chi connectivity index (χ2v) is 8.98. The van der Waals surface area contributed by atoms with Crippen LogP contribution in [0.25, 0.3) is 11.0 Å². The van der Waals surface area contributed by atoms with Crippen LogP contribution in [0.3, 0.4) is 0 Å². The highest BCUT2D eigenvalue weighted by molar-refractivity contribution is 7.92. The van der Waals surface area contributed by atoms with Gasteiger partial charge in [-0.05, 0) is 37.5 Å². The molecule has 1 aliphatic heterocycles. The summed E-state index contributed by atoms with van der Waals surface area (Å²) in [6.07, 6.45) is 4.55. The molecule has 2 aromatic rings. The molecule has 0 amide bonds. The molecular formula is C16H21N3O3S. The van der Waals surface area contributed by atoms with E-state index in [1.54, 1.807) is 0 Å². The fraction of sp³-hybridized carbons (Fsp3) is 0.562. The number of fused-ring (bicyclic) bond motifs is 1. The molecule has 1 saturated carbocycles. The van der Waals surface area contributed by atoms with Gasteiger partial charge in [-0.25, -0.2) is 13.4 Å². The van der Waals surface area contributed by atoms with Crippen LogP contribution in [0.4, 0.5) is 5.82 Å². The van der Waals surface area contributed by atoms with Crippen LogP contribution in [0, 0.1) is 0 Å². The minimum atomic E-state index is -3.16. The first kappa shape index (κ1) is 15.0. The van der Waals surface area contributed by atoms with Crippen LogP contribution in [-0.4, -0.2) is 50.4 Å². The van der Waals surface area contributed by atoms with Crippen molar-refractivity contribution in [1.29, 1.82) is 0 Å². The molecule has 3 heterocycles. The lowest BCUT2D eigenvalue weighted by molar-refractivity contribution is 0.0985. The molecule has 6 nitrogen and oxygen atoms in total. The highest BCUT2D eigenvalue weighted by Gasteiger charge is 2.54. The molecule has 0 radical (unpaired) electrons. The van der Waals surface area contributed by atoms with Crippen LogP contribution in [0.5, 0.6) is 0 Å². The Morgan fingerprint density at radius 1 is 1.43 bits per heavy atom. The highest BCUT2D eigenvalue weighted by Crippen LogP contribution is 2.54. The Morgan fingerprint density at radius 2 is 2.22 bits per heavy atom. The van der Waals surface area contributed by atoms with Crippen molar-refractivity contribution in [2.24, 2.45) is 0 Å². The second-order valence-electron chi connectivity index (χ2n) is 6.65. The summed E-state index contributed by atoms with van der Waals surface area (Å²) in [6, 6.07) is 4.13. The zero-order valence-corrected chi connectivity index (χ0v) is 14.2. The van der Waals surface area contributed by atoms with E-state index in [1.165, 1.54) is 6.26 Å². The third-order valence-corrected chi connectivity index (χ3v) is 7.13. The molecule has 2 fully saturated rings. The topological polar surface area (TPSA) is 75.3 Å². The summed E-state index contributed by atoms with van der Waals surface area (Å²) in [5.74, 6) is 0.834. The number of nitrogens with one attached hydrogen (secondary N) is 1.